The molecule has 1 nitrogen and oxygen atoms in total. The predicted molar refractivity (Wildman–Crippen MR) is 62.4 cm³/mol. The highest BCUT2D eigenvalue weighted by Gasteiger charge is 2.02. The van der Waals surface area contributed by atoms with Gasteiger partial charge in [0.2, 0.25) is 0 Å². The van der Waals surface area contributed by atoms with E-state index in [2.05, 4.69) is 0 Å². The van der Waals surface area contributed by atoms with Crippen molar-refractivity contribution < 1.29 is 0 Å². The van der Waals surface area contributed by atoms with Crippen LogP contribution in [-0.4, -0.2) is 0 Å². The molecule has 0 saturated carbocycles. The molecule has 1 N–H and O–H groups in total. The van der Waals surface area contributed by atoms with Gasteiger partial charge in [-0.2, -0.15) is 0 Å². The van der Waals surface area contributed by atoms with E-state index in [9.17, 15) is 0 Å². The van der Waals surface area contributed by atoms with Crippen molar-refractivity contribution in [3.8, 4) is 0 Å². The van der Waals surface area contributed by atoms with Crippen molar-refractivity contribution in [2.24, 2.45) is 0 Å². The van der Waals surface area contributed by atoms with E-state index in [-0.39, 0.29) is 0 Å². The van der Waals surface area contributed by atoms with Gasteiger partial charge in [0.25, 0.3) is 0 Å². The second-order valence-corrected chi connectivity index (χ2v) is 5.86. The lowest BCUT2D eigenvalue weighted by molar-refractivity contribution is 1.41. The minimum Gasteiger partial charge on any atom is -0.270 e. The Kier molecular flexibility index (Phi) is 3.01. The van der Waals surface area contributed by atoms with E-state index in [0.717, 1.165) is 14.1 Å². The summed E-state index contributed by atoms with van der Waals surface area (Å²) in [6.07, 6.45) is 0. The monoisotopic (exact) mass is 241 g/mol. The summed E-state index contributed by atoms with van der Waals surface area (Å²) in [5, 5.41) is 2.72. The standard InChI is InChI=1S/C10H8ClNS2/c11-8-3-5-9(6-4-8)14(12)10-2-1-7-13-10/h1-7,12H. The molecule has 0 spiro atoms. The minimum absolute atomic E-state index is 0.564. The smallest absolute Gasteiger partial charge is 0.0752 e. The van der Waals surface area contributed by atoms with Gasteiger partial charge in [-0.3, -0.25) is 4.78 Å². The first-order valence-corrected chi connectivity index (χ1v) is 6.50. The quantitative estimate of drug-likeness (QED) is 0.815. The van der Waals surface area contributed by atoms with Crippen LogP contribution < -0.4 is 0 Å². The van der Waals surface area contributed by atoms with E-state index in [0.29, 0.717) is 0 Å². The van der Waals surface area contributed by atoms with Crippen LogP contribution in [0.4, 0.5) is 0 Å². The molecule has 0 radical (unpaired) electrons. The minimum atomic E-state index is -0.564. The molecule has 0 aliphatic heterocycles. The molecule has 0 bridgehead atoms. The molecule has 2 aromatic rings. The maximum atomic E-state index is 8.04. The summed E-state index contributed by atoms with van der Waals surface area (Å²) in [4.78, 5) is 1.01. The van der Waals surface area contributed by atoms with E-state index >= 15 is 0 Å². The molecular formula is C10H8ClNS2. The molecule has 0 aliphatic rings. The van der Waals surface area contributed by atoms with Crippen molar-refractivity contribution in [1.82, 2.24) is 0 Å². The lowest BCUT2D eigenvalue weighted by Crippen LogP contribution is -1.86. The third-order valence-electron chi connectivity index (χ3n) is 1.75. The maximum Gasteiger partial charge on any atom is 0.0752 e. The van der Waals surface area contributed by atoms with Gasteiger partial charge in [0, 0.05) is 9.92 Å². The number of nitrogens with one attached hydrogen (secondary N) is 1. The van der Waals surface area contributed by atoms with Crippen LogP contribution in [0.15, 0.2) is 50.9 Å². The molecule has 72 valence electrons. The zero-order chi connectivity index (χ0) is 9.97. The van der Waals surface area contributed by atoms with Gasteiger partial charge >= 0.3 is 0 Å². The topological polar surface area (TPSA) is 23.9 Å². The van der Waals surface area contributed by atoms with Gasteiger partial charge < -0.3 is 0 Å². The van der Waals surface area contributed by atoms with Gasteiger partial charge in [-0.1, -0.05) is 17.7 Å². The number of benzene rings is 1. The van der Waals surface area contributed by atoms with Crippen LogP contribution in [0.2, 0.25) is 5.02 Å². The Labute approximate surface area is 94.2 Å². The van der Waals surface area contributed by atoms with Crippen molar-refractivity contribution in [1.29, 1.82) is 4.78 Å². The highest BCUT2D eigenvalue weighted by Crippen LogP contribution is 2.22. The molecule has 1 aromatic heterocycles. The molecule has 1 unspecified atom stereocenters. The summed E-state index contributed by atoms with van der Waals surface area (Å²) in [6.45, 7) is 0. The van der Waals surface area contributed by atoms with Crippen LogP contribution in [0, 0.1) is 4.78 Å². The zero-order valence-corrected chi connectivity index (χ0v) is 9.62. The largest absolute Gasteiger partial charge is 0.270 e. The number of thiophene rings is 1. The molecule has 0 saturated heterocycles. The fraction of sp³-hybridized carbons (Fsp3) is 0. The van der Waals surface area contributed by atoms with Crippen molar-refractivity contribution in [3.05, 3.63) is 46.8 Å². The van der Waals surface area contributed by atoms with E-state index in [1.807, 2.05) is 41.8 Å². The van der Waals surface area contributed by atoms with Gasteiger partial charge in [0.15, 0.2) is 0 Å². The van der Waals surface area contributed by atoms with Gasteiger partial charge in [-0.25, -0.2) is 0 Å². The lowest BCUT2D eigenvalue weighted by Gasteiger charge is -2.02. The van der Waals surface area contributed by atoms with Gasteiger partial charge in [-0.15, -0.1) is 11.3 Å². The molecule has 4 heteroatoms. The average Bonchev–Trinajstić information content (AvgIpc) is 2.71. The first-order valence-electron chi connectivity index (χ1n) is 4.02. The molecule has 0 aliphatic carbocycles. The van der Waals surface area contributed by atoms with Crippen LogP contribution >= 0.6 is 22.9 Å². The Balaban J connectivity index is 2.33. The molecule has 0 fully saturated rings. The normalized spacial score (nSPS) is 12.6. The highest BCUT2D eigenvalue weighted by atomic mass is 35.5. The Morgan fingerprint density at radius 3 is 2.43 bits per heavy atom. The van der Waals surface area contributed by atoms with Crippen LogP contribution in [-0.2, 0) is 10.7 Å². The van der Waals surface area contributed by atoms with Gasteiger partial charge in [0.1, 0.15) is 0 Å². The zero-order valence-electron chi connectivity index (χ0n) is 7.24. The summed E-state index contributed by atoms with van der Waals surface area (Å²) in [5.74, 6) is 0. The molecule has 14 heavy (non-hydrogen) atoms. The highest BCUT2D eigenvalue weighted by molar-refractivity contribution is 7.88. The molecule has 2 rings (SSSR count). The Morgan fingerprint density at radius 1 is 1.14 bits per heavy atom. The van der Waals surface area contributed by atoms with E-state index in [1.165, 1.54) is 0 Å². The van der Waals surface area contributed by atoms with Crippen LogP contribution in [0.1, 0.15) is 0 Å². The second-order valence-electron chi connectivity index (χ2n) is 2.69. The van der Waals surface area contributed by atoms with Crippen molar-refractivity contribution in [3.63, 3.8) is 0 Å². The fourth-order valence-electron chi connectivity index (χ4n) is 1.07. The molecule has 1 atom stereocenters. The summed E-state index contributed by atoms with van der Waals surface area (Å²) in [5.41, 5.74) is 0. The first-order chi connectivity index (χ1) is 6.77. The molecule has 1 aromatic carbocycles. The van der Waals surface area contributed by atoms with Crippen molar-refractivity contribution >= 4 is 33.6 Å². The van der Waals surface area contributed by atoms with Crippen LogP contribution in [0.3, 0.4) is 0 Å². The SMILES string of the molecule is N=S(c1ccc(Cl)cc1)c1cccs1. The van der Waals surface area contributed by atoms with E-state index in [4.69, 9.17) is 16.4 Å². The fourth-order valence-corrected chi connectivity index (χ4v) is 3.34. The van der Waals surface area contributed by atoms with Crippen LogP contribution in [0.25, 0.3) is 0 Å². The summed E-state index contributed by atoms with van der Waals surface area (Å²) in [7, 11) is -0.564. The Hall–Kier alpha value is -0.640. The average molecular weight is 242 g/mol. The molecule has 0 amide bonds. The third kappa shape index (κ3) is 2.05. The van der Waals surface area contributed by atoms with Crippen LogP contribution in [0.5, 0.6) is 0 Å². The maximum absolute atomic E-state index is 8.04. The lowest BCUT2D eigenvalue weighted by atomic mass is 10.4. The Morgan fingerprint density at radius 2 is 1.86 bits per heavy atom. The van der Waals surface area contributed by atoms with Crippen molar-refractivity contribution in [2.45, 2.75) is 9.10 Å². The predicted octanol–water partition coefficient (Wildman–Crippen LogP) is 4.20. The number of hydrogen-bond donors (Lipinski definition) is 1. The number of halogens is 1. The summed E-state index contributed by atoms with van der Waals surface area (Å²) >= 11 is 7.41. The molecular weight excluding hydrogens is 234 g/mol. The summed E-state index contributed by atoms with van der Waals surface area (Å²) in [6, 6.07) is 11.5. The number of hydrogen-bond acceptors (Lipinski definition) is 2. The van der Waals surface area contributed by atoms with Gasteiger partial charge in [-0.05, 0) is 46.4 Å². The van der Waals surface area contributed by atoms with Crippen molar-refractivity contribution in [2.75, 3.05) is 0 Å². The Bertz CT molecular complexity index is 434. The second kappa shape index (κ2) is 4.26. The summed E-state index contributed by atoms with van der Waals surface area (Å²) < 4.78 is 9.13. The first kappa shape index (κ1) is 9.90. The van der Waals surface area contributed by atoms with E-state index in [1.54, 1.807) is 11.3 Å². The third-order valence-corrected chi connectivity index (χ3v) is 4.73. The number of rotatable bonds is 2. The van der Waals surface area contributed by atoms with E-state index < -0.39 is 10.7 Å². The molecule has 1 heterocycles. The van der Waals surface area contributed by atoms with Gasteiger partial charge in [0.05, 0.1) is 4.21 Å².